The third kappa shape index (κ3) is 3.43. The van der Waals surface area contributed by atoms with Gasteiger partial charge in [-0.15, -0.1) is 0 Å². The van der Waals surface area contributed by atoms with Gasteiger partial charge in [0.05, 0.1) is 18.5 Å². The number of carbonyl (C=O) groups excluding carboxylic acids is 1. The summed E-state index contributed by atoms with van der Waals surface area (Å²) in [5.41, 5.74) is -0.370. The predicted octanol–water partition coefficient (Wildman–Crippen LogP) is 2.65. The number of hydrogen-bond acceptors (Lipinski definition) is 5. The molecule has 29 heavy (non-hydrogen) atoms. The number of rotatable bonds is 4. The van der Waals surface area contributed by atoms with Crippen LogP contribution in [-0.2, 0) is 0 Å². The van der Waals surface area contributed by atoms with E-state index in [0.29, 0.717) is 10.8 Å². The van der Waals surface area contributed by atoms with Gasteiger partial charge in [-0.05, 0) is 45.5 Å². The third-order valence-corrected chi connectivity index (χ3v) is 4.28. The van der Waals surface area contributed by atoms with Crippen LogP contribution >= 0.6 is 0 Å². The zero-order chi connectivity index (χ0) is 20.5. The van der Waals surface area contributed by atoms with Gasteiger partial charge in [-0.2, -0.15) is 4.68 Å². The van der Waals surface area contributed by atoms with Gasteiger partial charge in [0.15, 0.2) is 11.6 Å². The van der Waals surface area contributed by atoms with Gasteiger partial charge in [-0.3, -0.25) is 4.79 Å². The molecule has 0 unspecified atom stereocenters. The summed E-state index contributed by atoms with van der Waals surface area (Å²) in [4.78, 5) is 24.6. The van der Waals surface area contributed by atoms with Gasteiger partial charge >= 0.3 is 5.69 Å². The van der Waals surface area contributed by atoms with E-state index in [1.165, 1.54) is 31.4 Å². The molecule has 4 rings (SSSR count). The number of aromatic amines is 1. The lowest BCUT2D eigenvalue weighted by Crippen LogP contribution is -2.20. The molecule has 3 aromatic carbocycles. The van der Waals surface area contributed by atoms with Gasteiger partial charge in [-0.1, -0.05) is 12.1 Å². The molecule has 1 aromatic heterocycles. The number of amides is 1. The molecule has 0 saturated heterocycles. The molecule has 0 saturated carbocycles. The Morgan fingerprint density at radius 1 is 1.10 bits per heavy atom. The van der Waals surface area contributed by atoms with Crippen LogP contribution in [0.4, 0.5) is 14.5 Å². The van der Waals surface area contributed by atoms with Gasteiger partial charge in [0.2, 0.25) is 0 Å². The van der Waals surface area contributed by atoms with Crippen LogP contribution in [0.15, 0.2) is 53.3 Å². The monoisotopic (exact) mass is 397 g/mol. The molecular formula is C19H13F2N5O3. The number of nitrogens with one attached hydrogen (secondary N) is 2. The molecule has 0 fully saturated rings. The van der Waals surface area contributed by atoms with Crippen molar-refractivity contribution in [1.82, 2.24) is 20.2 Å². The number of H-pyrrole nitrogens is 1. The van der Waals surface area contributed by atoms with Crippen LogP contribution in [0.1, 0.15) is 10.4 Å². The van der Waals surface area contributed by atoms with Crippen molar-refractivity contribution in [3.8, 4) is 11.4 Å². The molecule has 0 bridgehead atoms. The number of hydrogen-bond donors (Lipinski definition) is 2. The van der Waals surface area contributed by atoms with E-state index in [2.05, 4.69) is 20.8 Å². The number of nitrogens with zero attached hydrogens (tertiary/aromatic N) is 3. The average Bonchev–Trinajstić information content (AvgIpc) is 3.14. The molecule has 2 N–H and O–H groups in total. The van der Waals surface area contributed by atoms with Crippen LogP contribution in [0.2, 0.25) is 0 Å². The normalized spacial score (nSPS) is 10.9. The largest absolute Gasteiger partial charge is 0.494 e. The van der Waals surface area contributed by atoms with Crippen molar-refractivity contribution in [2.24, 2.45) is 0 Å². The van der Waals surface area contributed by atoms with Crippen molar-refractivity contribution in [1.29, 1.82) is 0 Å². The van der Waals surface area contributed by atoms with E-state index in [1.54, 1.807) is 18.2 Å². The Balaban J connectivity index is 1.75. The fourth-order valence-electron chi connectivity index (χ4n) is 2.88. The summed E-state index contributed by atoms with van der Waals surface area (Å²) in [7, 11) is 1.27. The first-order valence-electron chi connectivity index (χ1n) is 8.35. The molecule has 0 radical (unpaired) electrons. The molecule has 1 heterocycles. The molecule has 0 spiro atoms. The first-order chi connectivity index (χ1) is 14.0. The quantitative estimate of drug-likeness (QED) is 0.551. The highest BCUT2D eigenvalue weighted by atomic mass is 19.1. The van der Waals surface area contributed by atoms with Crippen LogP contribution in [0.3, 0.4) is 0 Å². The topological polar surface area (TPSA) is 102 Å². The molecule has 146 valence electrons. The van der Waals surface area contributed by atoms with E-state index in [1.807, 2.05) is 0 Å². The van der Waals surface area contributed by atoms with Crippen LogP contribution in [0.25, 0.3) is 16.5 Å². The van der Waals surface area contributed by atoms with Gasteiger partial charge in [0.1, 0.15) is 5.82 Å². The number of halogens is 2. The van der Waals surface area contributed by atoms with E-state index in [4.69, 9.17) is 4.74 Å². The minimum atomic E-state index is -0.747. The van der Waals surface area contributed by atoms with E-state index in [9.17, 15) is 18.4 Å². The van der Waals surface area contributed by atoms with Crippen LogP contribution < -0.4 is 15.7 Å². The van der Waals surface area contributed by atoms with Gasteiger partial charge in [0, 0.05) is 17.7 Å². The van der Waals surface area contributed by atoms with Gasteiger partial charge in [0.25, 0.3) is 5.91 Å². The highest BCUT2D eigenvalue weighted by Gasteiger charge is 2.18. The lowest BCUT2D eigenvalue weighted by atomic mass is 10.1. The molecule has 10 heteroatoms. The zero-order valence-electron chi connectivity index (χ0n) is 14.9. The number of tetrazole rings is 1. The van der Waals surface area contributed by atoms with Crippen LogP contribution in [-0.4, -0.2) is 33.2 Å². The molecule has 0 atom stereocenters. The van der Waals surface area contributed by atoms with Crippen LogP contribution in [0, 0.1) is 11.6 Å². The fourth-order valence-corrected chi connectivity index (χ4v) is 2.88. The Hall–Kier alpha value is -4.08. The number of anilines is 1. The van der Waals surface area contributed by atoms with Crippen LogP contribution in [0.5, 0.6) is 5.75 Å². The fraction of sp³-hybridized carbons (Fsp3) is 0.0526. The lowest BCUT2D eigenvalue weighted by Gasteiger charge is -2.13. The summed E-state index contributed by atoms with van der Waals surface area (Å²) >= 11 is 0. The van der Waals surface area contributed by atoms with E-state index in [-0.39, 0.29) is 28.5 Å². The van der Waals surface area contributed by atoms with E-state index in [0.717, 1.165) is 10.7 Å². The van der Waals surface area contributed by atoms with Crippen molar-refractivity contribution in [2.75, 3.05) is 12.4 Å². The van der Waals surface area contributed by atoms with Gasteiger partial charge in [-0.25, -0.2) is 18.7 Å². The zero-order valence-corrected chi connectivity index (χ0v) is 14.9. The first-order valence-corrected chi connectivity index (χ1v) is 8.35. The minimum absolute atomic E-state index is 0.0294. The Morgan fingerprint density at radius 3 is 2.59 bits per heavy atom. The average molecular weight is 397 g/mol. The summed E-state index contributed by atoms with van der Waals surface area (Å²) < 4.78 is 33.3. The maximum absolute atomic E-state index is 14.2. The molecular weight excluding hydrogens is 384 g/mol. The number of carbonyl (C=O) groups is 1. The molecule has 8 nitrogen and oxygen atoms in total. The second-order valence-electron chi connectivity index (χ2n) is 6.08. The molecule has 4 aromatic rings. The summed E-state index contributed by atoms with van der Waals surface area (Å²) in [6.07, 6.45) is 0. The number of benzene rings is 3. The predicted molar refractivity (Wildman–Crippen MR) is 100 cm³/mol. The second-order valence-corrected chi connectivity index (χ2v) is 6.08. The Labute approximate surface area is 161 Å². The number of fused-ring (bicyclic) bond motifs is 1. The summed E-state index contributed by atoms with van der Waals surface area (Å²) in [5, 5.41) is 13.0. The Morgan fingerprint density at radius 2 is 1.86 bits per heavy atom. The van der Waals surface area contributed by atoms with Crippen molar-refractivity contribution in [3.63, 3.8) is 0 Å². The maximum atomic E-state index is 14.2. The van der Waals surface area contributed by atoms with Crippen molar-refractivity contribution in [2.45, 2.75) is 0 Å². The minimum Gasteiger partial charge on any atom is -0.494 e. The van der Waals surface area contributed by atoms with Gasteiger partial charge < -0.3 is 10.1 Å². The highest BCUT2D eigenvalue weighted by Crippen LogP contribution is 2.28. The SMILES string of the molecule is COc1cc(NC(=O)c2ccc3cc(F)ccc3c2)c(-n2nn[nH]c2=O)cc1F. The summed E-state index contributed by atoms with van der Waals surface area (Å²) in [6, 6.07) is 11.2. The van der Waals surface area contributed by atoms with Crippen molar-refractivity contribution < 1.29 is 18.3 Å². The third-order valence-electron chi connectivity index (χ3n) is 4.28. The molecule has 0 aliphatic rings. The summed E-state index contributed by atoms with van der Waals surface area (Å²) in [5.74, 6) is -1.78. The van der Waals surface area contributed by atoms with Crippen molar-refractivity contribution in [3.05, 3.63) is 76.2 Å². The second kappa shape index (κ2) is 7.15. The van der Waals surface area contributed by atoms with Crippen molar-refractivity contribution >= 4 is 22.4 Å². The molecule has 0 aliphatic heterocycles. The van der Waals surface area contributed by atoms with E-state index >= 15 is 0 Å². The standard InChI is InChI=1S/C19H13F2N5O3/c1-29-17-9-15(16(8-14(17)21)26-19(28)23-24-25-26)22-18(27)12-3-2-11-7-13(20)5-4-10(11)6-12/h2-9H,1H3,(H,22,27)(H,23,25,28). The number of methoxy groups -OCH3 is 1. The molecule has 0 aliphatic carbocycles. The Kier molecular flexibility index (Phi) is 4.51. The number of ether oxygens (including phenoxy) is 1. The first kappa shape index (κ1) is 18.3. The molecule has 1 amide bonds. The lowest BCUT2D eigenvalue weighted by molar-refractivity contribution is 0.102. The number of aromatic nitrogens is 4. The smallest absolute Gasteiger partial charge is 0.365 e. The maximum Gasteiger partial charge on any atom is 0.365 e. The summed E-state index contributed by atoms with van der Waals surface area (Å²) in [6.45, 7) is 0. The van der Waals surface area contributed by atoms with E-state index < -0.39 is 17.4 Å². The highest BCUT2D eigenvalue weighted by molar-refractivity contribution is 6.07. The Bertz CT molecular complexity index is 1300.